The summed E-state index contributed by atoms with van der Waals surface area (Å²) < 4.78 is 18.3. The van der Waals surface area contributed by atoms with E-state index < -0.39 is 6.10 Å². The van der Waals surface area contributed by atoms with Crippen molar-refractivity contribution in [3.63, 3.8) is 0 Å². The lowest BCUT2D eigenvalue weighted by molar-refractivity contribution is -0.130. The first-order valence-electron chi connectivity index (χ1n) is 5.14. The zero-order chi connectivity index (χ0) is 12.1. The lowest BCUT2D eigenvalue weighted by Gasteiger charge is -2.17. The molecule has 0 heterocycles. The molecule has 0 fully saturated rings. The number of hydrogen-bond acceptors (Lipinski definition) is 2. The van der Waals surface area contributed by atoms with Crippen molar-refractivity contribution in [1.29, 1.82) is 0 Å². The second-order valence-corrected chi connectivity index (χ2v) is 3.63. The summed E-state index contributed by atoms with van der Waals surface area (Å²) in [5.41, 5.74) is 0.471. The predicted molar refractivity (Wildman–Crippen MR) is 59.4 cm³/mol. The van der Waals surface area contributed by atoms with Crippen molar-refractivity contribution in [2.45, 2.75) is 26.0 Å². The third-order valence-electron chi connectivity index (χ3n) is 2.45. The summed E-state index contributed by atoms with van der Waals surface area (Å²) in [4.78, 5) is 11.5. The molecule has 0 aliphatic carbocycles. The Morgan fingerprint density at radius 1 is 1.38 bits per heavy atom. The molecule has 4 heteroatoms. The van der Waals surface area contributed by atoms with E-state index >= 15 is 0 Å². The Bertz CT molecular complexity index is 368. The van der Waals surface area contributed by atoms with Gasteiger partial charge in [-0.3, -0.25) is 4.79 Å². The van der Waals surface area contributed by atoms with Crippen LogP contribution in [-0.2, 0) is 9.53 Å². The fourth-order valence-electron chi connectivity index (χ4n) is 1.34. The lowest BCUT2D eigenvalue weighted by atomic mass is 10.1. The number of benzene rings is 1. The van der Waals surface area contributed by atoms with Crippen molar-refractivity contribution in [3.8, 4) is 0 Å². The SMILES string of the molecule is COC(C)C(=O)NC(C)c1ccccc1F. The molecular weight excluding hydrogens is 209 g/mol. The Labute approximate surface area is 94.6 Å². The van der Waals surface area contributed by atoms with Gasteiger partial charge in [0.05, 0.1) is 6.04 Å². The van der Waals surface area contributed by atoms with Crippen LogP contribution in [-0.4, -0.2) is 19.1 Å². The van der Waals surface area contributed by atoms with Crippen molar-refractivity contribution >= 4 is 5.91 Å². The maximum atomic E-state index is 13.4. The number of carbonyl (C=O) groups is 1. The van der Waals surface area contributed by atoms with Crippen molar-refractivity contribution in [2.24, 2.45) is 0 Å². The largest absolute Gasteiger partial charge is 0.372 e. The molecular formula is C12H16FNO2. The molecule has 2 atom stereocenters. The molecule has 0 spiro atoms. The zero-order valence-corrected chi connectivity index (χ0v) is 9.66. The lowest BCUT2D eigenvalue weighted by Crippen LogP contribution is -2.35. The van der Waals surface area contributed by atoms with Gasteiger partial charge in [0.15, 0.2) is 0 Å². The normalized spacial score (nSPS) is 14.2. The van der Waals surface area contributed by atoms with Crippen molar-refractivity contribution in [1.82, 2.24) is 5.32 Å². The van der Waals surface area contributed by atoms with E-state index in [0.717, 1.165) is 0 Å². The summed E-state index contributed by atoms with van der Waals surface area (Å²) in [5.74, 6) is -0.571. The number of methoxy groups -OCH3 is 1. The highest BCUT2D eigenvalue weighted by atomic mass is 19.1. The molecule has 0 radical (unpaired) electrons. The Morgan fingerprint density at radius 2 is 2.00 bits per heavy atom. The number of hydrogen-bond donors (Lipinski definition) is 1. The van der Waals surface area contributed by atoms with Gasteiger partial charge < -0.3 is 10.1 Å². The molecule has 1 aromatic carbocycles. The summed E-state index contributed by atoms with van der Waals surface area (Å²) in [6.45, 7) is 3.38. The van der Waals surface area contributed by atoms with Crippen LogP contribution in [0.1, 0.15) is 25.5 Å². The number of rotatable bonds is 4. The van der Waals surface area contributed by atoms with Gasteiger partial charge in [0, 0.05) is 12.7 Å². The van der Waals surface area contributed by atoms with Crippen LogP contribution in [0.25, 0.3) is 0 Å². The van der Waals surface area contributed by atoms with Gasteiger partial charge in [-0.05, 0) is 19.9 Å². The quantitative estimate of drug-likeness (QED) is 0.851. The van der Waals surface area contributed by atoms with Gasteiger partial charge >= 0.3 is 0 Å². The molecule has 0 saturated carbocycles. The van der Waals surface area contributed by atoms with Crippen LogP contribution in [0.15, 0.2) is 24.3 Å². The van der Waals surface area contributed by atoms with E-state index in [9.17, 15) is 9.18 Å². The van der Waals surface area contributed by atoms with Crippen molar-refractivity contribution in [3.05, 3.63) is 35.6 Å². The summed E-state index contributed by atoms with van der Waals surface area (Å²) in [6.07, 6.45) is -0.533. The molecule has 0 aromatic heterocycles. The molecule has 2 unspecified atom stereocenters. The monoisotopic (exact) mass is 225 g/mol. The fourth-order valence-corrected chi connectivity index (χ4v) is 1.34. The van der Waals surface area contributed by atoms with Crippen LogP contribution in [0.4, 0.5) is 4.39 Å². The summed E-state index contributed by atoms with van der Waals surface area (Å²) >= 11 is 0. The minimum absolute atomic E-state index is 0.252. The summed E-state index contributed by atoms with van der Waals surface area (Å²) in [7, 11) is 1.46. The molecule has 1 rings (SSSR count). The maximum Gasteiger partial charge on any atom is 0.249 e. The van der Waals surface area contributed by atoms with Gasteiger partial charge in [-0.2, -0.15) is 0 Å². The van der Waals surface area contributed by atoms with Gasteiger partial charge in [0.2, 0.25) is 5.91 Å². The molecule has 1 N–H and O–H groups in total. The first kappa shape index (κ1) is 12.6. The molecule has 0 aliphatic rings. The Hall–Kier alpha value is -1.42. The second kappa shape index (κ2) is 5.61. The maximum absolute atomic E-state index is 13.4. The van der Waals surface area contributed by atoms with E-state index in [1.54, 1.807) is 32.0 Å². The molecule has 88 valence electrons. The minimum atomic E-state index is -0.533. The molecule has 16 heavy (non-hydrogen) atoms. The molecule has 0 aliphatic heterocycles. The van der Waals surface area contributed by atoms with E-state index in [2.05, 4.69) is 5.32 Å². The average molecular weight is 225 g/mol. The van der Waals surface area contributed by atoms with E-state index in [1.807, 2.05) is 0 Å². The van der Waals surface area contributed by atoms with E-state index in [-0.39, 0.29) is 17.8 Å². The first-order valence-corrected chi connectivity index (χ1v) is 5.14. The van der Waals surface area contributed by atoms with Crippen molar-refractivity contribution < 1.29 is 13.9 Å². The third kappa shape index (κ3) is 3.03. The smallest absolute Gasteiger partial charge is 0.249 e. The molecule has 0 saturated heterocycles. The van der Waals surface area contributed by atoms with E-state index in [1.165, 1.54) is 13.2 Å². The molecule has 1 aromatic rings. The van der Waals surface area contributed by atoms with Gasteiger partial charge in [-0.1, -0.05) is 18.2 Å². The summed E-state index contributed by atoms with van der Waals surface area (Å²) in [5, 5.41) is 2.68. The van der Waals surface area contributed by atoms with E-state index in [4.69, 9.17) is 4.74 Å². The first-order chi connectivity index (χ1) is 7.56. The van der Waals surface area contributed by atoms with Crippen LogP contribution in [0, 0.1) is 5.82 Å². The fraction of sp³-hybridized carbons (Fsp3) is 0.417. The summed E-state index contributed by atoms with van der Waals surface area (Å²) in [6, 6.07) is 6.01. The minimum Gasteiger partial charge on any atom is -0.372 e. The number of nitrogens with one attached hydrogen (secondary N) is 1. The van der Waals surface area contributed by atoms with Crippen molar-refractivity contribution in [2.75, 3.05) is 7.11 Å². The number of halogens is 1. The highest BCUT2D eigenvalue weighted by molar-refractivity contribution is 5.80. The predicted octanol–water partition coefficient (Wildman–Crippen LogP) is 2.04. The third-order valence-corrected chi connectivity index (χ3v) is 2.45. The Kier molecular flexibility index (Phi) is 4.43. The van der Waals surface area contributed by atoms with Gasteiger partial charge in [-0.25, -0.2) is 4.39 Å². The van der Waals surface area contributed by atoms with Gasteiger partial charge in [-0.15, -0.1) is 0 Å². The molecule has 3 nitrogen and oxygen atoms in total. The molecule has 0 bridgehead atoms. The van der Waals surface area contributed by atoms with Crippen LogP contribution >= 0.6 is 0 Å². The highest BCUT2D eigenvalue weighted by Gasteiger charge is 2.17. The standard InChI is InChI=1S/C12H16FNO2/c1-8(14-12(15)9(2)16-3)10-6-4-5-7-11(10)13/h4-9H,1-3H3,(H,14,15). The Balaban J connectivity index is 2.69. The van der Waals surface area contributed by atoms with Gasteiger partial charge in [0.1, 0.15) is 11.9 Å². The van der Waals surface area contributed by atoms with Crippen LogP contribution in [0.3, 0.4) is 0 Å². The van der Waals surface area contributed by atoms with Crippen LogP contribution in [0.2, 0.25) is 0 Å². The average Bonchev–Trinajstić information content (AvgIpc) is 2.28. The van der Waals surface area contributed by atoms with E-state index in [0.29, 0.717) is 5.56 Å². The number of amides is 1. The zero-order valence-electron chi connectivity index (χ0n) is 9.66. The highest BCUT2D eigenvalue weighted by Crippen LogP contribution is 2.16. The topological polar surface area (TPSA) is 38.3 Å². The Morgan fingerprint density at radius 3 is 2.56 bits per heavy atom. The number of carbonyl (C=O) groups excluding carboxylic acids is 1. The number of ether oxygens (including phenoxy) is 1. The molecule has 1 amide bonds. The van der Waals surface area contributed by atoms with Crippen LogP contribution in [0.5, 0.6) is 0 Å². The van der Waals surface area contributed by atoms with Gasteiger partial charge in [0.25, 0.3) is 0 Å². The van der Waals surface area contributed by atoms with Crippen LogP contribution < -0.4 is 5.32 Å². The second-order valence-electron chi connectivity index (χ2n) is 3.63.